The second kappa shape index (κ2) is 4.43. The molecule has 0 aromatic rings. The SMILES string of the molecule is CP(C)(C)(C)N(S(=O)(=O)C(F)(F)F)S(=O)(=O)C(F)(F)F. The summed E-state index contributed by atoms with van der Waals surface area (Å²) in [6, 6.07) is 0. The Labute approximate surface area is 112 Å². The quantitative estimate of drug-likeness (QED) is 0.562. The summed E-state index contributed by atoms with van der Waals surface area (Å²) in [4.78, 5) is 0. The van der Waals surface area contributed by atoms with Gasteiger partial charge in [0.05, 0.1) is 0 Å². The fourth-order valence-corrected chi connectivity index (χ4v) is 10.5. The van der Waals surface area contributed by atoms with Gasteiger partial charge in [0.25, 0.3) is 0 Å². The van der Waals surface area contributed by atoms with E-state index in [0.717, 1.165) is 26.7 Å². The second-order valence-electron chi connectivity index (χ2n) is 5.56. The standard InChI is InChI=1S/C6H12F6NO4PS2/c1-18(2,3,4)13(19(14,15)5(7,8)9)20(16,17)6(10,11)12/h1-4H3. The summed E-state index contributed by atoms with van der Waals surface area (Å²) in [7, 11) is -13.4. The molecule has 0 aliphatic heterocycles. The third kappa shape index (κ3) is 3.55. The van der Waals surface area contributed by atoms with E-state index in [9.17, 15) is 43.2 Å². The molecule has 0 amide bonds. The molecule has 0 saturated heterocycles. The van der Waals surface area contributed by atoms with Crippen molar-refractivity contribution in [2.24, 2.45) is 0 Å². The van der Waals surface area contributed by atoms with Gasteiger partial charge >= 0.3 is 111 Å². The number of alkyl halides is 6. The topological polar surface area (TPSA) is 71.5 Å². The summed E-state index contributed by atoms with van der Waals surface area (Å²) >= 11 is 0. The molecule has 0 radical (unpaired) electrons. The third-order valence-electron chi connectivity index (χ3n) is 1.65. The summed E-state index contributed by atoms with van der Waals surface area (Å²) in [5.74, 6) is 0. The van der Waals surface area contributed by atoms with E-state index in [-0.39, 0.29) is 0 Å². The van der Waals surface area contributed by atoms with Crippen molar-refractivity contribution in [2.75, 3.05) is 26.7 Å². The summed E-state index contributed by atoms with van der Waals surface area (Å²) in [6.45, 7) is -1.60. The van der Waals surface area contributed by atoms with Gasteiger partial charge in [0.2, 0.25) is 0 Å². The molecule has 0 rings (SSSR count). The van der Waals surface area contributed by atoms with Gasteiger partial charge in [-0.2, -0.15) is 0 Å². The van der Waals surface area contributed by atoms with E-state index < -0.39 is 41.3 Å². The van der Waals surface area contributed by atoms with Gasteiger partial charge in [0.15, 0.2) is 0 Å². The zero-order valence-electron chi connectivity index (χ0n) is 10.6. The van der Waals surface area contributed by atoms with Crippen molar-refractivity contribution in [1.29, 1.82) is 0 Å². The van der Waals surface area contributed by atoms with Crippen LogP contribution in [0.3, 0.4) is 0 Å². The van der Waals surface area contributed by atoms with Crippen molar-refractivity contribution in [2.45, 2.75) is 11.0 Å². The van der Waals surface area contributed by atoms with Gasteiger partial charge in [-0.25, -0.2) is 0 Å². The van der Waals surface area contributed by atoms with Crippen LogP contribution in [0.1, 0.15) is 0 Å². The van der Waals surface area contributed by atoms with E-state index in [1.807, 2.05) is 0 Å². The number of halogens is 6. The first kappa shape index (κ1) is 19.9. The van der Waals surface area contributed by atoms with Crippen molar-refractivity contribution in [3.8, 4) is 0 Å². The minimum atomic E-state index is -6.71. The van der Waals surface area contributed by atoms with Crippen LogP contribution in [0, 0.1) is 0 Å². The van der Waals surface area contributed by atoms with Crippen molar-refractivity contribution >= 4 is 26.8 Å². The monoisotopic (exact) mass is 371 g/mol. The predicted octanol–water partition coefficient (Wildman–Crippen LogP) is 1.98. The number of nitrogens with zero attached hydrogens (tertiary/aromatic N) is 1. The van der Waals surface area contributed by atoms with Crippen LogP contribution >= 0.6 is 6.75 Å². The Bertz CT molecular complexity index is 543. The molecule has 0 unspecified atom stereocenters. The van der Waals surface area contributed by atoms with Gasteiger partial charge in [-0.3, -0.25) is 0 Å². The van der Waals surface area contributed by atoms with E-state index in [4.69, 9.17) is 0 Å². The Morgan fingerprint density at radius 1 is 0.700 bits per heavy atom. The number of hydrogen-bond acceptors (Lipinski definition) is 4. The van der Waals surface area contributed by atoms with Crippen LogP contribution in [0.25, 0.3) is 0 Å². The molecule has 0 saturated carbocycles. The zero-order chi connectivity index (χ0) is 17.0. The van der Waals surface area contributed by atoms with E-state index in [1.54, 1.807) is 0 Å². The Balaban J connectivity index is 6.70. The number of sulfonamides is 2. The number of rotatable bonds is 3. The summed E-state index contributed by atoms with van der Waals surface area (Å²) in [6.07, 6.45) is 0. The van der Waals surface area contributed by atoms with Crippen molar-refractivity contribution in [3.63, 3.8) is 0 Å². The van der Waals surface area contributed by atoms with Crippen molar-refractivity contribution in [1.82, 2.24) is 3.48 Å². The van der Waals surface area contributed by atoms with Gasteiger partial charge in [-0.1, -0.05) is 0 Å². The van der Waals surface area contributed by atoms with Crippen LogP contribution in [0.15, 0.2) is 0 Å². The molecule has 0 bridgehead atoms. The van der Waals surface area contributed by atoms with Crippen LogP contribution in [0.2, 0.25) is 0 Å². The molecule has 0 fully saturated rings. The van der Waals surface area contributed by atoms with Crippen molar-refractivity contribution < 1.29 is 43.2 Å². The van der Waals surface area contributed by atoms with Crippen LogP contribution in [0.4, 0.5) is 26.3 Å². The molecular formula is C6H12F6NO4PS2. The van der Waals surface area contributed by atoms with Gasteiger partial charge in [-0.15, -0.1) is 0 Å². The molecule has 0 spiro atoms. The maximum absolute atomic E-state index is 12.5. The Hall–Kier alpha value is -0.130. The first-order chi connectivity index (χ1) is 8.12. The Kier molecular flexibility index (Phi) is 4.40. The average molecular weight is 371 g/mol. The Morgan fingerprint density at radius 2 is 0.900 bits per heavy atom. The normalized spacial score (nSPS) is 17.9. The molecule has 0 N–H and O–H groups in total. The van der Waals surface area contributed by atoms with Crippen molar-refractivity contribution in [3.05, 3.63) is 0 Å². The molecule has 124 valence electrons. The van der Waals surface area contributed by atoms with Gasteiger partial charge in [-0.05, 0) is 0 Å². The average Bonchev–Trinajstić information content (AvgIpc) is 1.91. The summed E-state index contributed by atoms with van der Waals surface area (Å²) in [5.41, 5.74) is -12.3. The Morgan fingerprint density at radius 3 is 1.00 bits per heavy atom. The van der Waals surface area contributed by atoms with Gasteiger partial charge in [0, 0.05) is 0 Å². The number of hydrogen-bond donors (Lipinski definition) is 0. The van der Waals surface area contributed by atoms with Crippen LogP contribution in [-0.2, 0) is 20.0 Å². The molecule has 0 atom stereocenters. The van der Waals surface area contributed by atoms with Gasteiger partial charge < -0.3 is 0 Å². The maximum atomic E-state index is 12.5. The fraction of sp³-hybridized carbons (Fsp3) is 1.00. The third-order valence-corrected chi connectivity index (χ3v) is 11.3. The predicted molar refractivity (Wildman–Crippen MR) is 62.4 cm³/mol. The summed E-state index contributed by atoms with van der Waals surface area (Å²) in [5, 5.41) is 0. The van der Waals surface area contributed by atoms with E-state index in [0.29, 0.717) is 0 Å². The van der Waals surface area contributed by atoms with E-state index >= 15 is 0 Å². The summed E-state index contributed by atoms with van der Waals surface area (Å²) < 4.78 is 118. The fourth-order valence-electron chi connectivity index (χ4n) is 1.17. The molecule has 14 heteroatoms. The first-order valence-electron chi connectivity index (χ1n) is 4.56. The van der Waals surface area contributed by atoms with E-state index in [1.165, 1.54) is 0 Å². The zero-order valence-corrected chi connectivity index (χ0v) is 13.1. The molecular weight excluding hydrogens is 359 g/mol. The molecule has 0 aromatic heterocycles. The van der Waals surface area contributed by atoms with Crippen LogP contribution < -0.4 is 0 Å². The molecule has 0 aromatic carbocycles. The van der Waals surface area contributed by atoms with E-state index in [2.05, 4.69) is 0 Å². The minimum absolute atomic E-state index is 0.734. The van der Waals surface area contributed by atoms with Gasteiger partial charge in [0.1, 0.15) is 0 Å². The first-order valence-corrected chi connectivity index (χ1v) is 11.4. The molecule has 0 aliphatic carbocycles. The molecule has 20 heavy (non-hydrogen) atoms. The van der Waals surface area contributed by atoms with Crippen LogP contribution in [-0.4, -0.2) is 58.0 Å². The molecule has 5 nitrogen and oxygen atoms in total. The van der Waals surface area contributed by atoms with Crippen LogP contribution in [0.5, 0.6) is 0 Å². The second-order valence-corrected chi connectivity index (χ2v) is 17.3. The molecule has 0 heterocycles. The molecule has 0 aliphatic rings.